The second-order valence-electron chi connectivity index (χ2n) is 5.33. The lowest BCUT2D eigenvalue weighted by atomic mass is 10.0. The van der Waals surface area contributed by atoms with Gasteiger partial charge in [-0.3, -0.25) is 4.79 Å². The number of rotatable bonds is 3. The number of hydrogen-bond donors (Lipinski definition) is 1. The van der Waals surface area contributed by atoms with Crippen LogP contribution in [-0.4, -0.2) is 35.5 Å². The fourth-order valence-corrected chi connectivity index (χ4v) is 2.66. The molecule has 1 amide bonds. The lowest BCUT2D eigenvalue weighted by Gasteiger charge is -2.30. The summed E-state index contributed by atoms with van der Waals surface area (Å²) >= 11 is 0. The summed E-state index contributed by atoms with van der Waals surface area (Å²) in [6.07, 6.45) is 2.12. The summed E-state index contributed by atoms with van der Waals surface area (Å²) in [5.41, 5.74) is 2.42. The van der Waals surface area contributed by atoms with Crippen molar-refractivity contribution in [3.63, 3.8) is 0 Å². The van der Waals surface area contributed by atoms with E-state index >= 15 is 0 Å². The van der Waals surface area contributed by atoms with Crippen molar-refractivity contribution in [3.05, 3.63) is 36.0 Å². The normalized spacial score (nSPS) is 15.5. The highest BCUT2D eigenvalue weighted by Gasteiger charge is 2.27. The van der Waals surface area contributed by atoms with E-state index in [9.17, 15) is 4.79 Å². The zero-order valence-corrected chi connectivity index (χ0v) is 11.4. The molecule has 0 radical (unpaired) electrons. The maximum atomic E-state index is 12.2. The highest BCUT2D eigenvalue weighted by Crippen LogP contribution is 2.22. The Morgan fingerprint density at radius 2 is 2.16 bits per heavy atom. The smallest absolute Gasteiger partial charge is 0.228 e. The Kier molecular flexibility index (Phi) is 3.03. The molecule has 2 heterocycles. The first kappa shape index (κ1) is 12.2. The average Bonchev–Trinajstić information content (AvgIpc) is 2.65. The van der Waals surface area contributed by atoms with Gasteiger partial charge in [0.2, 0.25) is 5.91 Å². The summed E-state index contributed by atoms with van der Waals surface area (Å²) in [5.74, 6) is 0.409. The van der Waals surface area contributed by atoms with Gasteiger partial charge in [-0.25, -0.2) is 0 Å². The summed E-state index contributed by atoms with van der Waals surface area (Å²) < 4.78 is 2.12. The average molecular weight is 257 g/mol. The van der Waals surface area contributed by atoms with Crippen molar-refractivity contribution >= 4 is 16.8 Å². The fourth-order valence-electron chi connectivity index (χ4n) is 2.66. The molecule has 1 aliphatic rings. The minimum absolute atomic E-state index is 0.167. The van der Waals surface area contributed by atoms with Gasteiger partial charge in [0, 0.05) is 50.8 Å². The van der Waals surface area contributed by atoms with Gasteiger partial charge in [0.25, 0.3) is 0 Å². The first-order valence-corrected chi connectivity index (χ1v) is 6.65. The zero-order valence-electron chi connectivity index (χ0n) is 11.4. The number of benzene rings is 1. The van der Waals surface area contributed by atoms with Crippen LogP contribution >= 0.6 is 0 Å². The second-order valence-corrected chi connectivity index (χ2v) is 5.33. The van der Waals surface area contributed by atoms with Crippen molar-refractivity contribution in [2.75, 3.05) is 20.1 Å². The van der Waals surface area contributed by atoms with E-state index in [1.165, 1.54) is 16.5 Å². The summed E-state index contributed by atoms with van der Waals surface area (Å²) in [7, 11) is 3.94. The highest BCUT2D eigenvalue weighted by atomic mass is 16.2. The summed E-state index contributed by atoms with van der Waals surface area (Å²) in [6, 6.07) is 8.31. The van der Waals surface area contributed by atoms with Crippen molar-refractivity contribution in [2.24, 2.45) is 13.0 Å². The molecule has 0 atom stereocenters. The Hall–Kier alpha value is -1.81. The zero-order chi connectivity index (χ0) is 13.4. The van der Waals surface area contributed by atoms with E-state index in [1.807, 2.05) is 31.1 Å². The molecule has 2 aromatic rings. The Balaban J connectivity index is 1.83. The molecule has 1 aliphatic heterocycles. The second kappa shape index (κ2) is 4.70. The van der Waals surface area contributed by atoms with Crippen LogP contribution in [0.2, 0.25) is 0 Å². The van der Waals surface area contributed by atoms with E-state index in [4.69, 9.17) is 0 Å². The molecular formula is C15H19N3O. The van der Waals surface area contributed by atoms with Crippen LogP contribution in [0.5, 0.6) is 0 Å². The van der Waals surface area contributed by atoms with Gasteiger partial charge in [-0.2, -0.15) is 0 Å². The number of aromatic nitrogens is 1. The first-order chi connectivity index (χ1) is 9.16. The van der Waals surface area contributed by atoms with Crippen molar-refractivity contribution in [3.8, 4) is 0 Å². The quantitative estimate of drug-likeness (QED) is 0.901. The third-order valence-corrected chi connectivity index (χ3v) is 3.89. The largest absolute Gasteiger partial charge is 0.350 e. The van der Waals surface area contributed by atoms with Crippen LogP contribution in [0.15, 0.2) is 30.5 Å². The topological polar surface area (TPSA) is 37.3 Å². The van der Waals surface area contributed by atoms with E-state index in [-0.39, 0.29) is 11.8 Å². The van der Waals surface area contributed by atoms with Gasteiger partial charge in [0.15, 0.2) is 0 Å². The minimum atomic E-state index is 0.167. The first-order valence-electron chi connectivity index (χ1n) is 6.65. The molecule has 1 saturated heterocycles. The van der Waals surface area contributed by atoms with Gasteiger partial charge >= 0.3 is 0 Å². The van der Waals surface area contributed by atoms with Crippen LogP contribution in [0.25, 0.3) is 10.9 Å². The minimum Gasteiger partial charge on any atom is -0.350 e. The van der Waals surface area contributed by atoms with Crippen LogP contribution in [-0.2, 0) is 18.4 Å². The monoisotopic (exact) mass is 257 g/mol. The van der Waals surface area contributed by atoms with E-state index in [0.29, 0.717) is 6.54 Å². The summed E-state index contributed by atoms with van der Waals surface area (Å²) in [5, 5.41) is 4.38. The number of carbonyl (C=O) groups excluding carboxylic acids is 1. The molecule has 19 heavy (non-hydrogen) atoms. The van der Waals surface area contributed by atoms with Gasteiger partial charge in [-0.05, 0) is 11.6 Å². The Bertz CT molecular complexity index is 613. The molecule has 0 bridgehead atoms. The summed E-state index contributed by atoms with van der Waals surface area (Å²) in [6.45, 7) is 2.31. The Morgan fingerprint density at radius 3 is 2.84 bits per heavy atom. The molecule has 1 fully saturated rings. The third-order valence-electron chi connectivity index (χ3n) is 3.89. The standard InChI is InChI=1S/C15H19N3O/c1-17-9-12(13-5-3-4-6-14(13)17)10-18(2)15(19)11-7-16-8-11/h3-6,9,11,16H,7-8,10H2,1-2H3. The maximum absolute atomic E-state index is 12.2. The van der Waals surface area contributed by atoms with Crippen LogP contribution < -0.4 is 5.32 Å². The van der Waals surface area contributed by atoms with Crippen molar-refractivity contribution in [1.82, 2.24) is 14.8 Å². The van der Waals surface area contributed by atoms with Gasteiger partial charge in [0.1, 0.15) is 0 Å². The predicted molar refractivity (Wildman–Crippen MR) is 75.8 cm³/mol. The lowest BCUT2D eigenvalue weighted by molar-refractivity contribution is -0.136. The Morgan fingerprint density at radius 1 is 1.42 bits per heavy atom. The van der Waals surface area contributed by atoms with Gasteiger partial charge in [0.05, 0.1) is 5.92 Å². The van der Waals surface area contributed by atoms with E-state index in [0.717, 1.165) is 13.1 Å². The number of aryl methyl sites for hydroxylation is 1. The lowest BCUT2D eigenvalue weighted by Crippen LogP contribution is -2.50. The van der Waals surface area contributed by atoms with Crippen LogP contribution in [0, 0.1) is 5.92 Å². The molecular weight excluding hydrogens is 238 g/mol. The molecule has 0 spiro atoms. The number of amides is 1. The number of para-hydroxylation sites is 1. The number of fused-ring (bicyclic) bond motifs is 1. The molecule has 1 N–H and O–H groups in total. The van der Waals surface area contributed by atoms with Gasteiger partial charge in [-0.1, -0.05) is 18.2 Å². The van der Waals surface area contributed by atoms with E-state index < -0.39 is 0 Å². The molecule has 4 heteroatoms. The van der Waals surface area contributed by atoms with E-state index in [1.54, 1.807) is 0 Å². The SMILES string of the molecule is CN(Cc1cn(C)c2ccccc12)C(=O)C1CNC1. The maximum Gasteiger partial charge on any atom is 0.228 e. The molecule has 1 aromatic carbocycles. The number of nitrogens with one attached hydrogen (secondary N) is 1. The van der Waals surface area contributed by atoms with Crippen LogP contribution in [0.1, 0.15) is 5.56 Å². The molecule has 100 valence electrons. The molecule has 0 aliphatic carbocycles. The van der Waals surface area contributed by atoms with E-state index in [2.05, 4.69) is 28.2 Å². The summed E-state index contributed by atoms with van der Waals surface area (Å²) in [4.78, 5) is 14.0. The Labute approximate surface area is 113 Å². The molecule has 4 nitrogen and oxygen atoms in total. The van der Waals surface area contributed by atoms with Crippen molar-refractivity contribution < 1.29 is 4.79 Å². The van der Waals surface area contributed by atoms with Gasteiger partial charge < -0.3 is 14.8 Å². The number of carbonyl (C=O) groups is 1. The molecule has 0 saturated carbocycles. The fraction of sp³-hybridized carbons (Fsp3) is 0.400. The van der Waals surface area contributed by atoms with Crippen molar-refractivity contribution in [1.29, 1.82) is 0 Å². The van der Waals surface area contributed by atoms with Crippen LogP contribution in [0.4, 0.5) is 0 Å². The highest BCUT2D eigenvalue weighted by molar-refractivity contribution is 5.85. The third kappa shape index (κ3) is 2.12. The van der Waals surface area contributed by atoms with Crippen LogP contribution in [0.3, 0.4) is 0 Å². The predicted octanol–water partition coefficient (Wildman–Crippen LogP) is 1.36. The number of hydrogen-bond acceptors (Lipinski definition) is 2. The molecule has 3 rings (SSSR count). The molecule has 1 aromatic heterocycles. The van der Waals surface area contributed by atoms with Gasteiger partial charge in [-0.15, -0.1) is 0 Å². The molecule has 0 unspecified atom stereocenters. The van der Waals surface area contributed by atoms with Crippen molar-refractivity contribution in [2.45, 2.75) is 6.54 Å². The number of nitrogens with zero attached hydrogens (tertiary/aromatic N) is 2.